The molecule has 5 heteroatoms. The average Bonchev–Trinajstić information content (AvgIpc) is 2.98. The van der Waals surface area contributed by atoms with Crippen molar-refractivity contribution in [1.82, 2.24) is 9.55 Å². The third-order valence-electron chi connectivity index (χ3n) is 3.13. The molecule has 2 aromatic rings. The number of thioether (sulfide) groups is 1. The van der Waals surface area contributed by atoms with Crippen LogP contribution in [0.2, 0.25) is 0 Å². The van der Waals surface area contributed by atoms with E-state index in [-0.39, 0.29) is 6.10 Å². The van der Waals surface area contributed by atoms with E-state index in [2.05, 4.69) is 4.98 Å². The quantitative estimate of drug-likeness (QED) is 0.810. The van der Waals surface area contributed by atoms with Crippen molar-refractivity contribution < 1.29 is 9.53 Å². The van der Waals surface area contributed by atoms with Gasteiger partial charge in [-0.05, 0) is 38.1 Å². The lowest BCUT2D eigenvalue weighted by Gasteiger charge is -2.09. The minimum absolute atomic E-state index is 0.152. The van der Waals surface area contributed by atoms with Crippen molar-refractivity contribution in [2.24, 2.45) is 0 Å². The first kappa shape index (κ1) is 13.2. The van der Waals surface area contributed by atoms with Gasteiger partial charge in [-0.3, -0.25) is 4.79 Å². The Balaban J connectivity index is 1.95. The number of ether oxygens (including phenoxy) is 1. The average molecular weight is 288 g/mol. The molecule has 0 amide bonds. The summed E-state index contributed by atoms with van der Waals surface area (Å²) in [6.45, 7) is 4.85. The number of carbonyl (C=O) groups is 1. The summed E-state index contributed by atoms with van der Waals surface area (Å²) in [6.07, 6.45) is 1.05. The lowest BCUT2D eigenvalue weighted by atomic mass is 10.1. The van der Waals surface area contributed by atoms with E-state index in [9.17, 15) is 4.79 Å². The molecule has 2 heterocycles. The Kier molecular flexibility index (Phi) is 3.53. The summed E-state index contributed by atoms with van der Waals surface area (Å²) in [5.41, 5.74) is 2.38. The van der Waals surface area contributed by atoms with E-state index < -0.39 is 0 Å². The number of imidazole rings is 1. The Morgan fingerprint density at radius 2 is 2.10 bits per heavy atom. The third kappa shape index (κ3) is 2.33. The van der Waals surface area contributed by atoms with Crippen LogP contribution in [0.1, 0.15) is 24.3 Å². The summed E-state index contributed by atoms with van der Waals surface area (Å²) in [4.78, 5) is 15.9. The van der Waals surface area contributed by atoms with Crippen molar-refractivity contribution in [1.29, 1.82) is 0 Å². The van der Waals surface area contributed by atoms with Gasteiger partial charge < -0.3 is 9.30 Å². The number of benzene rings is 1. The first-order valence-corrected chi connectivity index (χ1v) is 7.63. The molecule has 0 aliphatic carbocycles. The van der Waals surface area contributed by atoms with Crippen molar-refractivity contribution >= 4 is 18.0 Å². The predicted molar refractivity (Wildman–Crippen MR) is 79.5 cm³/mol. The third-order valence-corrected chi connectivity index (χ3v) is 4.09. The van der Waals surface area contributed by atoms with Gasteiger partial charge in [-0.15, -0.1) is 0 Å². The Morgan fingerprint density at radius 1 is 1.35 bits per heavy atom. The molecule has 0 bridgehead atoms. The molecule has 0 atom stereocenters. The monoisotopic (exact) mass is 288 g/mol. The highest BCUT2D eigenvalue weighted by molar-refractivity contribution is 7.99. The van der Waals surface area contributed by atoms with Gasteiger partial charge in [0.05, 0.1) is 6.10 Å². The van der Waals surface area contributed by atoms with E-state index in [0.29, 0.717) is 5.69 Å². The highest BCUT2D eigenvalue weighted by atomic mass is 32.2. The Hall–Kier alpha value is -1.75. The van der Waals surface area contributed by atoms with E-state index >= 15 is 0 Å². The summed E-state index contributed by atoms with van der Waals surface area (Å²) in [5, 5.41) is 0.935. The number of fused-ring (bicyclic) bond motifs is 1. The maximum atomic E-state index is 11.3. The van der Waals surface area contributed by atoms with Crippen molar-refractivity contribution in [3.8, 4) is 17.0 Å². The van der Waals surface area contributed by atoms with Gasteiger partial charge in [0, 0.05) is 17.9 Å². The van der Waals surface area contributed by atoms with Crippen molar-refractivity contribution in [2.75, 3.05) is 5.75 Å². The maximum absolute atomic E-state index is 11.3. The molecular weight excluding hydrogens is 272 g/mol. The fourth-order valence-electron chi connectivity index (χ4n) is 2.29. The number of aromatic nitrogens is 2. The van der Waals surface area contributed by atoms with Crippen LogP contribution in [0.5, 0.6) is 5.75 Å². The molecule has 104 valence electrons. The second kappa shape index (κ2) is 5.32. The summed E-state index contributed by atoms with van der Waals surface area (Å²) >= 11 is 1.69. The zero-order chi connectivity index (χ0) is 14.1. The van der Waals surface area contributed by atoms with E-state index in [0.717, 1.165) is 40.7 Å². The van der Waals surface area contributed by atoms with Crippen LogP contribution in [0.15, 0.2) is 29.4 Å². The Labute approximate surface area is 122 Å². The van der Waals surface area contributed by atoms with Crippen LogP contribution in [-0.2, 0) is 6.54 Å². The lowest BCUT2D eigenvalue weighted by molar-refractivity contribution is 0.111. The molecule has 0 radical (unpaired) electrons. The lowest BCUT2D eigenvalue weighted by Crippen LogP contribution is -2.05. The molecule has 0 fully saturated rings. The van der Waals surface area contributed by atoms with Crippen molar-refractivity contribution in [2.45, 2.75) is 31.7 Å². The molecule has 4 nitrogen and oxygen atoms in total. The zero-order valence-corrected chi connectivity index (χ0v) is 12.3. The van der Waals surface area contributed by atoms with Crippen LogP contribution in [0.3, 0.4) is 0 Å². The second-order valence-corrected chi connectivity index (χ2v) is 6.00. The first-order chi connectivity index (χ1) is 9.69. The molecular formula is C15H16N2O2S. The van der Waals surface area contributed by atoms with Crippen LogP contribution < -0.4 is 4.74 Å². The largest absolute Gasteiger partial charge is 0.491 e. The fourth-order valence-corrected chi connectivity index (χ4v) is 3.25. The van der Waals surface area contributed by atoms with Gasteiger partial charge in [0.1, 0.15) is 17.1 Å². The van der Waals surface area contributed by atoms with Crippen LogP contribution in [0, 0.1) is 0 Å². The highest BCUT2D eigenvalue weighted by Crippen LogP contribution is 2.32. The van der Waals surface area contributed by atoms with Gasteiger partial charge in [-0.2, -0.15) is 0 Å². The maximum Gasteiger partial charge on any atom is 0.169 e. The van der Waals surface area contributed by atoms with E-state index in [1.807, 2.05) is 42.7 Å². The first-order valence-electron chi connectivity index (χ1n) is 6.64. The molecule has 0 spiro atoms. The highest BCUT2D eigenvalue weighted by Gasteiger charge is 2.22. The number of nitrogens with zero attached hydrogens (tertiary/aromatic N) is 2. The fraction of sp³-hybridized carbons (Fsp3) is 0.333. The number of carbonyl (C=O) groups excluding carboxylic acids is 1. The SMILES string of the molecule is CC(C)Oc1ccc(-c2nc3n(c2C=O)CCS3)cc1. The topological polar surface area (TPSA) is 44.1 Å². The Bertz CT molecular complexity index is 632. The van der Waals surface area contributed by atoms with Crippen LogP contribution >= 0.6 is 11.8 Å². The number of hydrogen-bond donors (Lipinski definition) is 0. The van der Waals surface area contributed by atoms with E-state index in [4.69, 9.17) is 4.74 Å². The summed E-state index contributed by atoms with van der Waals surface area (Å²) < 4.78 is 7.62. The van der Waals surface area contributed by atoms with Crippen molar-refractivity contribution in [3.63, 3.8) is 0 Å². The van der Waals surface area contributed by atoms with Gasteiger partial charge in [0.25, 0.3) is 0 Å². The Morgan fingerprint density at radius 3 is 2.75 bits per heavy atom. The van der Waals surface area contributed by atoms with Gasteiger partial charge in [0.15, 0.2) is 11.4 Å². The molecule has 1 aliphatic rings. The van der Waals surface area contributed by atoms with Gasteiger partial charge in [0.2, 0.25) is 0 Å². The normalized spacial score (nSPS) is 13.6. The number of hydrogen-bond acceptors (Lipinski definition) is 4. The molecule has 0 saturated heterocycles. The van der Waals surface area contributed by atoms with Gasteiger partial charge in [-0.1, -0.05) is 11.8 Å². The van der Waals surface area contributed by atoms with Crippen LogP contribution in [0.4, 0.5) is 0 Å². The molecule has 1 aliphatic heterocycles. The number of rotatable bonds is 4. The molecule has 1 aromatic carbocycles. The minimum Gasteiger partial charge on any atom is -0.491 e. The van der Waals surface area contributed by atoms with Crippen LogP contribution in [-0.4, -0.2) is 27.7 Å². The molecule has 0 unspecified atom stereocenters. The number of aldehydes is 1. The van der Waals surface area contributed by atoms with Crippen LogP contribution in [0.25, 0.3) is 11.3 Å². The zero-order valence-electron chi connectivity index (χ0n) is 11.5. The van der Waals surface area contributed by atoms with Crippen molar-refractivity contribution in [3.05, 3.63) is 30.0 Å². The molecule has 20 heavy (non-hydrogen) atoms. The standard InChI is InChI=1S/C15H16N2O2S/c1-10(2)19-12-5-3-11(4-6-12)14-13(9-18)17-7-8-20-15(17)16-14/h3-6,9-10H,7-8H2,1-2H3. The molecule has 0 N–H and O–H groups in total. The molecule has 1 aromatic heterocycles. The van der Waals surface area contributed by atoms with Gasteiger partial charge in [-0.25, -0.2) is 4.98 Å². The summed E-state index contributed by atoms with van der Waals surface area (Å²) in [7, 11) is 0. The summed E-state index contributed by atoms with van der Waals surface area (Å²) in [5.74, 6) is 1.82. The molecule has 0 saturated carbocycles. The van der Waals surface area contributed by atoms with E-state index in [1.54, 1.807) is 11.8 Å². The predicted octanol–water partition coefficient (Wildman–Crippen LogP) is 3.26. The van der Waals surface area contributed by atoms with Gasteiger partial charge >= 0.3 is 0 Å². The molecule has 3 rings (SSSR count). The second-order valence-electron chi connectivity index (χ2n) is 4.94. The van der Waals surface area contributed by atoms with E-state index in [1.165, 1.54) is 0 Å². The minimum atomic E-state index is 0.152. The smallest absolute Gasteiger partial charge is 0.169 e. The summed E-state index contributed by atoms with van der Waals surface area (Å²) in [6, 6.07) is 7.74.